The van der Waals surface area contributed by atoms with Gasteiger partial charge in [-0.05, 0) is 77.0 Å². The number of hydrogen-bond donors (Lipinski definition) is 12. The molecule has 3 rings (SSSR count). The largest absolute Gasteiger partial charge is 0.394 e. The number of ether oxygens (including phenoxy) is 6. The molecule has 19 heteroatoms. The van der Waals surface area contributed by atoms with Crippen molar-refractivity contribution in [1.29, 1.82) is 0 Å². The Morgan fingerprint density at radius 3 is 1.10 bits per heavy atom. The molecule has 17 atom stereocenters. The zero-order valence-electron chi connectivity index (χ0n) is 59.6. The van der Waals surface area contributed by atoms with E-state index < -0.39 is 124 Å². The molecule has 0 aromatic carbocycles. The summed E-state index contributed by atoms with van der Waals surface area (Å²) >= 11 is 0. The third-order valence-electron chi connectivity index (χ3n) is 19.0. The van der Waals surface area contributed by atoms with Gasteiger partial charge in [-0.25, -0.2) is 0 Å². The predicted octanol–water partition coefficient (Wildman–Crippen LogP) is 11.9. The molecule has 3 fully saturated rings. The number of carbonyl (C=O) groups is 1. The molecule has 3 heterocycles. The van der Waals surface area contributed by atoms with Gasteiger partial charge in [-0.1, -0.05) is 267 Å². The van der Waals surface area contributed by atoms with Crippen LogP contribution in [0.15, 0.2) is 60.8 Å². The molecule has 3 aliphatic rings. The summed E-state index contributed by atoms with van der Waals surface area (Å²) in [6.45, 7) is 1.73. The van der Waals surface area contributed by atoms with Gasteiger partial charge in [0.25, 0.3) is 0 Å². The molecule has 96 heavy (non-hydrogen) atoms. The van der Waals surface area contributed by atoms with E-state index in [4.69, 9.17) is 28.4 Å². The fourth-order valence-electron chi connectivity index (χ4n) is 12.8. The SMILES string of the molecule is CCCCCCC/C=C\C/C=C\CCCCCCCCCCCCCCCCCCCC(=O)NC(COC1OC(CO)C(OC2OC(CO)C(OC3OC(CO)C(O)C(O)C3O)C(O)C2O)C(O)C1O)C(O)/C=C/CC/C=C/CC/C=C/CCCCCCCCCCCCCC. The molecule has 3 aliphatic heterocycles. The maximum absolute atomic E-state index is 13.5. The number of aliphatic hydroxyl groups excluding tert-OH is 11. The van der Waals surface area contributed by atoms with Crippen LogP contribution in [0, 0.1) is 0 Å². The maximum Gasteiger partial charge on any atom is 0.220 e. The molecule has 12 N–H and O–H groups in total. The number of aliphatic hydroxyl groups is 11. The number of hydrogen-bond acceptors (Lipinski definition) is 18. The highest BCUT2D eigenvalue weighted by atomic mass is 16.8. The first-order chi connectivity index (χ1) is 46.8. The van der Waals surface area contributed by atoms with E-state index in [0.717, 1.165) is 51.4 Å². The first-order valence-electron chi connectivity index (χ1n) is 38.5. The molecule has 0 saturated carbocycles. The van der Waals surface area contributed by atoms with E-state index in [9.17, 15) is 61.0 Å². The van der Waals surface area contributed by atoms with Crippen molar-refractivity contribution in [2.75, 3.05) is 26.4 Å². The fraction of sp³-hybridized carbons (Fsp3) is 0.857. The van der Waals surface area contributed by atoms with E-state index in [-0.39, 0.29) is 18.9 Å². The molecular formula is C77H139NO18. The lowest BCUT2D eigenvalue weighted by Gasteiger charge is -2.48. The average molecular weight is 1370 g/mol. The number of unbranched alkanes of at least 4 members (excludes halogenated alkanes) is 36. The van der Waals surface area contributed by atoms with Crippen LogP contribution >= 0.6 is 0 Å². The van der Waals surface area contributed by atoms with Crippen LogP contribution in [0.2, 0.25) is 0 Å². The lowest BCUT2D eigenvalue weighted by atomic mass is 9.96. The number of amides is 1. The Bertz CT molecular complexity index is 1970. The van der Waals surface area contributed by atoms with Crippen molar-refractivity contribution in [3.05, 3.63) is 60.8 Å². The third-order valence-corrected chi connectivity index (χ3v) is 19.0. The minimum Gasteiger partial charge on any atom is -0.394 e. The van der Waals surface area contributed by atoms with Gasteiger partial charge in [0.15, 0.2) is 18.9 Å². The fourth-order valence-corrected chi connectivity index (χ4v) is 12.8. The van der Waals surface area contributed by atoms with Crippen molar-refractivity contribution in [2.45, 2.75) is 394 Å². The summed E-state index contributed by atoms with van der Waals surface area (Å²) in [4.78, 5) is 13.5. The molecule has 0 bridgehead atoms. The van der Waals surface area contributed by atoms with Crippen LogP contribution in [0.4, 0.5) is 0 Å². The van der Waals surface area contributed by atoms with E-state index in [2.05, 4.69) is 67.8 Å². The lowest BCUT2D eigenvalue weighted by Crippen LogP contribution is -2.66. The molecule has 0 radical (unpaired) electrons. The van der Waals surface area contributed by atoms with Gasteiger partial charge >= 0.3 is 0 Å². The molecule has 560 valence electrons. The van der Waals surface area contributed by atoms with E-state index in [1.54, 1.807) is 6.08 Å². The standard InChI is InChI=1S/C77H139NO18/c1-3-5-7-9-11-13-15-17-19-21-23-25-27-28-29-30-31-32-33-35-37-39-41-43-45-47-49-51-53-55-65(83)78-60(61(82)54-52-50-48-46-44-42-40-38-36-34-26-24-22-20-18-16-14-12-10-8-6-4-2)59-91-75-71(89)68(86)73(63(57-80)93-75)96-77-72(90)69(87)74(64(58-81)94-77)95-76-70(88)67(85)66(84)62(56-79)92-76/h15,17,21,23,36,38,44,46,52,54,60-64,66-77,79-82,84-90H,3-14,16,18-20,22,24-35,37,39-43,45,47-51,53,55-59H2,1-2H3,(H,78,83)/b17-15-,23-21-,38-36+,46-44+,54-52+. The minimum atomic E-state index is -1.98. The van der Waals surface area contributed by atoms with Crippen molar-refractivity contribution in [3.8, 4) is 0 Å². The number of rotatable bonds is 60. The van der Waals surface area contributed by atoms with Crippen LogP contribution in [-0.4, -0.2) is 193 Å². The van der Waals surface area contributed by atoms with E-state index in [1.807, 2.05) is 6.08 Å². The van der Waals surface area contributed by atoms with E-state index in [1.165, 1.54) is 205 Å². The Kier molecular flexibility index (Phi) is 53.0. The molecule has 17 unspecified atom stereocenters. The number of nitrogens with one attached hydrogen (secondary N) is 1. The van der Waals surface area contributed by atoms with Crippen molar-refractivity contribution < 1.29 is 89.4 Å². The molecule has 0 aromatic rings. The van der Waals surface area contributed by atoms with E-state index >= 15 is 0 Å². The Labute approximate surface area is 579 Å². The Morgan fingerprint density at radius 2 is 0.698 bits per heavy atom. The number of allylic oxidation sites excluding steroid dienone is 9. The zero-order valence-corrected chi connectivity index (χ0v) is 59.6. The molecule has 0 aliphatic carbocycles. The average Bonchev–Trinajstić information content (AvgIpc) is 0.787. The molecule has 3 saturated heterocycles. The van der Waals surface area contributed by atoms with Crippen LogP contribution in [0.5, 0.6) is 0 Å². The quantitative estimate of drug-likeness (QED) is 0.0199. The molecular weight excluding hydrogens is 1230 g/mol. The minimum absolute atomic E-state index is 0.232. The number of carbonyl (C=O) groups excluding carboxylic acids is 1. The van der Waals surface area contributed by atoms with Crippen molar-refractivity contribution >= 4 is 5.91 Å². The lowest BCUT2D eigenvalue weighted by molar-refractivity contribution is -0.379. The van der Waals surface area contributed by atoms with Gasteiger partial charge in [0.05, 0.1) is 38.6 Å². The summed E-state index contributed by atoms with van der Waals surface area (Å²) in [5.41, 5.74) is 0. The normalized spacial score (nSPS) is 27.4. The van der Waals surface area contributed by atoms with Gasteiger partial charge in [-0.15, -0.1) is 0 Å². The van der Waals surface area contributed by atoms with Gasteiger partial charge in [0, 0.05) is 6.42 Å². The summed E-state index contributed by atoms with van der Waals surface area (Å²) in [5.74, 6) is -0.287. The van der Waals surface area contributed by atoms with Crippen LogP contribution in [-0.2, 0) is 33.2 Å². The van der Waals surface area contributed by atoms with Crippen molar-refractivity contribution in [1.82, 2.24) is 5.32 Å². The van der Waals surface area contributed by atoms with Crippen LogP contribution in [0.25, 0.3) is 0 Å². The Hall–Kier alpha value is -2.51. The monoisotopic (exact) mass is 1370 g/mol. The van der Waals surface area contributed by atoms with Crippen LogP contribution in [0.1, 0.15) is 290 Å². The first-order valence-corrected chi connectivity index (χ1v) is 38.5. The van der Waals surface area contributed by atoms with Crippen LogP contribution in [0.3, 0.4) is 0 Å². The second-order valence-electron chi connectivity index (χ2n) is 27.4. The van der Waals surface area contributed by atoms with Gasteiger partial charge in [-0.2, -0.15) is 0 Å². The molecule has 1 amide bonds. The summed E-state index contributed by atoms with van der Waals surface area (Å²) < 4.78 is 34.4. The summed E-state index contributed by atoms with van der Waals surface area (Å²) in [7, 11) is 0. The maximum atomic E-state index is 13.5. The Balaban J connectivity index is 1.40. The second-order valence-corrected chi connectivity index (χ2v) is 27.4. The van der Waals surface area contributed by atoms with Crippen molar-refractivity contribution in [3.63, 3.8) is 0 Å². The van der Waals surface area contributed by atoms with Gasteiger partial charge < -0.3 is 89.9 Å². The highest BCUT2D eigenvalue weighted by Gasteiger charge is 2.53. The Morgan fingerprint density at radius 1 is 0.375 bits per heavy atom. The highest BCUT2D eigenvalue weighted by Crippen LogP contribution is 2.33. The predicted molar refractivity (Wildman–Crippen MR) is 379 cm³/mol. The first kappa shape index (κ1) is 87.7. The topological polar surface area (TPSA) is 307 Å². The summed E-state index contributed by atoms with van der Waals surface area (Å²) in [5, 5.41) is 121. The zero-order chi connectivity index (χ0) is 69.6. The summed E-state index contributed by atoms with van der Waals surface area (Å²) in [6.07, 6.45) is 46.3. The molecule has 0 aromatic heterocycles. The summed E-state index contributed by atoms with van der Waals surface area (Å²) in [6, 6.07) is -0.999. The van der Waals surface area contributed by atoms with Gasteiger partial charge in [0.2, 0.25) is 5.91 Å². The smallest absolute Gasteiger partial charge is 0.220 e. The highest BCUT2D eigenvalue weighted by molar-refractivity contribution is 5.76. The third kappa shape index (κ3) is 38.5. The molecule has 0 spiro atoms. The van der Waals surface area contributed by atoms with Gasteiger partial charge in [-0.3, -0.25) is 4.79 Å². The van der Waals surface area contributed by atoms with Gasteiger partial charge in [0.1, 0.15) is 73.2 Å². The van der Waals surface area contributed by atoms with Crippen LogP contribution < -0.4 is 5.32 Å². The molecule has 19 nitrogen and oxygen atoms in total. The van der Waals surface area contributed by atoms with Crippen molar-refractivity contribution in [2.24, 2.45) is 0 Å². The van der Waals surface area contributed by atoms with E-state index in [0.29, 0.717) is 12.8 Å². The second kappa shape index (κ2) is 58.0.